The Morgan fingerprint density at radius 1 is 1.47 bits per heavy atom. The molecule has 0 aliphatic rings. The van der Waals surface area contributed by atoms with Crippen LogP contribution in [-0.2, 0) is 11.2 Å². The molecule has 0 aliphatic carbocycles. The van der Waals surface area contributed by atoms with Gasteiger partial charge in [0.15, 0.2) is 0 Å². The van der Waals surface area contributed by atoms with Crippen molar-refractivity contribution in [1.82, 2.24) is 0 Å². The highest BCUT2D eigenvalue weighted by molar-refractivity contribution is 5.74. The SMILES string of the molecule is COc1ccc(F)c(C)c1CC(C)(C)C(=O)O. The summed E-state index contributed by atoms with van der Waals surface area (Å²) < 4.78 is 18.6. The first-order valence-corrected chi connectivity index (χ1v) is 5.35. The van der Waals surface area contributed by atoms with Gasteiger partial charge in [-0.2, -0.15) is 0 Å². The maximum atomic E-state index is 13.5. The summed E-state index contributed by atoms with van der Waals surface area (Å²) in [6.07, 6.45) is 0.231. The van der Waals surface area contributed by atoms with Crippen LogP contribution < -0.4 is 4.74 Å². The summed E-state index contributed by atoms with van der Waals surface area (Å²) in [5.74, 6) is -0.733. The fourth-order valence-corrected chi connectivity index (χ4v) is 1.63. The van der Waals surface area contributed by atoms with Crippen molar-refractivity contribution in [3.8, 4) is 5.75 Å². The van der Waals surface area contributed by atoms with E-state index in [0.29, 0.717) is 16.9 Å². The molecule has 0 saturated carbocycles. The molecule has 0 bridgehead atoms. The van der Waals surface area contributed by atoms with Crippen LogP contribution in [0.2, 0.25) is 0 Å². The van der Waals surface area contributed by atoms with E-state index in [-0.39, 0.29) is 12.2 Å². The molecule has 0 atom stereocenters. The number of carboxylic acids is 1. The third kappa shape index (κ3) is 2.75. The topological polar surface area (TPSA) is 46.5 Å². The molecule has 0 fully saturated rings. The number of rotatable bonds is 4. The number of methoxy groups -OCH3 is 1. The smallest absolute Gasteiger partial charge is 0.309 e. The number of benzene rings is 1. The van der Waals surface area contributed by atoms with Crippen molar-refractivity contribution in [2.45, 2.75) is 27.2 Å². The molecule has 1 aromatic rings. The van der Waals surface area contributed by atoms with Crippen LogP contribution in [0.1, 0.15) is 25.0 Å². The summed E-state index contributed by atoms with van der Waals surface area (Å²) in [5, 5.41) is 9.09. The van der Waals surface area contributed by atoms with E-state index in [4.69, 9.17) is 9.84 Å². The van der Waals surface area contributed by atoms with Gasteiger partial charge < -0.3 is 9.84 Å². The summed E-state index contributed by atoms with van der Waals surface area (Å²) >= 11 is 0. The first-order valence-electron chi connectivity index (χ1n) is 5.35. The van der Waals surface area contributed by atoms with Gasteiger partial charge in [0.05, 0.1) is 12.5 Å². The lowest BCUT2D eigenvalue weighted by molar-refractivity contribution is -0.146. The summed E-state index contributed by atoms with van der Waals surface area (Å²) in [6, 6.07) is 2.85. The van der Waals surface area contributed by atoms with Crippen LogP contribution in [0.4, 0.5) is 4.39 Å². The van der Waals surface area contributed by atoms with E-state index in [0.717, 1.165) is 0 Å². The van der Waals surface area contributed by atoms with Gasteiger partial charge in [-0.05, 0) is 44.9 Å². The fraction of sp³-hybridized carbons (Fsp3) is 0.462. The zero-order valence-electron chi connectivity index (χ0n) is 10.5. The van der Waals surface area contributed by atoms with Crippen molar-refractivity contribution in [2.75, 3.05) is 7.11 Å². The molecule has 0 saturated heterocycles. The van der Waals surface area contributed by atoms with E-state index in [1.165, 1.54) is 19.2 Å². The molecule has 94 valence electrons. The summed E-state index contributed by atoms with van der Waals surface area (Å²) in [6.45, 7) is 4.85. The van der Waals surface area contributed by atoms with Gasteiger partial charge in [0.1, 0.15) is 11.6 Å². The Bertz CT molecular complexity index is 439. The lowest BCUT2D eigenvalue weighted by Crippen LogP contribution is -2.27. The van der Waals surface area contributed by atoms with Crippen LogP contribution in [0, 0.1) is 18.2 Å². The molecule has 17 heavy (non-hydrogen) atoms. The van der Waals surface area contributed by atoms with Crippen LogP contribution in [-0.4, -0.2) is 18.2 Å². The monoisotopic (exact) mass is 240 g/mol. The second-order valence-electron chi connectivity index (χ2n) is 4.72. The predicted octanol–water partition coefficient (Wildman–Crippen LogP) is 2.80. The first kappa shape index (κ1) is 13.5. The van der Waals surface area contributed by atoms with Gasteiger partial charge in [0.25, 0.3) is 0 Å². The Morgan fingerprint density at radius 2 is 2.06 bits per heavy atom. The Kier molecular flexibility index (Phi) is 3.76. The van der Waals surface area contributed by atoms with Crippen LogP contribution in [0.3, 0.4) is 0 Å². The highest BCUT2D eigenvalue weighted by atomic mass is 19.1. The lowest BCUT2D eigenvalue weighted by atomic mass is 9.84. The molecule has 0 unspecified atom stereocenters. The van der Waals surface area contributed by atoms with E-state index in [2.05, 4.69) is 0 Å². The standard InChI is InChI=1S/C13H17FO3/c1-8-9(7-13(2,3)12(15)16)11(17-4)6-5-10(8)14/h5-6H,7H2,1-4H3,(H,15,16). The molecular weight excluding hydrogens is 223 g/mol. The second kappa shape index (κ2) is 4.73. The lowest BCUT2D eigenvalue weighted by Gasteiger charge is -2.22. The van der Waals surface area contributed by atoms with Gasteiger partial charge in [-0.1, -0.05) is 0 Å². The minimum Gasteiger partial charge on any atom is -0.496 e. The van der Waals surface area contributed by atoms with Crippen LogP contribution >= 0.6 is 0 Å². The van der Waals surface area contributed by atoms with Gasteiger partial charge in [-0.25, -0.2) is 4.39 Å². The third-order valence-electron chi connectivity index (χ3n) is 2.91. The Hall–Kier alpha value is -1.58. The van der Waals surface area contributed by atoms with E-state index >= 15 is 0 Å². The maximum absolute atomic E-state index is 13.5. The molecule has 0 aromatic heterocycles. The molecular formula is C13H17FO3. The average Bonchev–Trinajstić information content (AvgIpc) is 2.25. The summed E-state index contributed by atoms with van der Waals surface area (Å²) in [5.41, 5.74) is 0.102. The molecule has 0 radical (unpaired) electrons. The Labute approximate surface area is 100 Å². The minimum atomic E-state index is -0.953. The first-order chi connectivity index (χ1) is 7.79. The number of carboxylic acid groups (broad SMARTS) is 1. The van der Waals surface area contributed by atoms with E-state index in [9.17, 15) is 9.18 Å². The fourth-order valence-electron chi connectivity index (χ4n) is 1.63. The number of aliphatic carboxylic acids is 1. The zero-order valence-corrected chi connectivity index (χ0v) is 10.5. The molecule has 0 spiro atoms. The predicted molar refractivity (Wildman–Crippen MR) is 62.8 cm³/mol. The molecule has 0 amide bonds. The molecule has 4 heteroatoms. The summed E-state index contributed by atoms with van der Waals surface area (Å²) in [7, 11) is 1.49. The zero-order chi connectivity index (χ0) is 13.2. The maximum Gasteiger partial charge on any atom is 0.309 e. The molecule has 3 nitrogen and oxygen atoms in total. The minimum absolute atomic E-state index is 0.231. The average molecular weight is 240 g/mol. The molecule has 0 heterocycles. The second-order valence-corrected chi connectivity index (χ2v) is 4.72. The van der Waals surface area contributed by atoms with Crippen molar-refractivity contribution in [1.29, 1.82) is 0 Å². The van der Waals surface area contributed by atoms with Crippen molar-refractivity contribution >= 4 is 5.97 Å². The molecule has 0 aliphatic heterocycles. The quantitative estimate of drug-likeness (QED) is 0.880. The summed E-state index contributed by atoms with van der Waals surface area (Å²) in [4.78, 5) is 11.1. The third-order valence-corrected chi connectivity index (χ3v) is 2.91. The van der Waals surface area contributed by atoms with Crippen molar-refractivity contribution in [2.24, 2.45) is 5.41 Å². The number of carbonyl (C=O) groups is 1. The number of halogens is 1. The van der Waals surface area contributed by atoms with Crippen LogP contribution in [0.5, 0.6) is 5.75 Å². The van der Waals surface area contributed by atoms with Gasteiger partial charge in [-0.3, -0.25) is 4.79 Å². The highest BCUT2D eigenvalue weighted by Gasteiger charge is 2.29. The van der Waals surface area contributed by atoms with Gasteiger partial charge in [0.2, 0.25) is 0 Å². The Morgan fingerprint density at radius 3 is 2.53 bits per heavy atom. The van der Waals surface area contributed by atoms with Crippen molar-refractivity contribution in [3.63, 3.8) is 0 Å². The molecule has 1 N–H and O–H groups in total. The largest absolute Gasteiger partial charge is 0.496 e. The molecule has 1 rings (SSSR count). The van der Waals surface area contributed by atoms with Crippen molar-refractivity contribution in [3.05, 3.63) is 29.1 Å². The number of hydrogen-bond acceptors (Lipinski definition) is 2. The number of ether oxygens (including phenoxy) is 1. The normalized spacial score (nSPS) is 11.4. The number of hydrogen-bond donors (Lipinski definition) is 1. The van der Waals surface area contributed by atoms with Gasteiger partial charge in [0, 0.05) is 5.56 Å². The van der Waals surface area contributed by atoms with Gasteiger partial charge >= 0.3 is 5.97 Å². The van der Waals surface area contributed by atoms with Crippen molar-refractivity contribution < 1.29 is 19.0 Å². The van der Waals surface area contributed by atoms with E-state index < -0.39 is 11.4 Å². The highest BCUT2D eigenvalue weighted by Crippen LogP contribution is 2.31. The van der Waals surface area contributed by atoms with E-state index in [1.807, 2.05) is 0 Å². The molecule has 1 aromatic carbocycles. The van der Waals surface area contributed by atoms with Crippen LogP contribution in [0.25, 0.3) is 0 Å². The van der Waals surface area contributed by atoms with Gasteiger partial charge in [-0.15, -0.1) is 0 Å². The van der Waals surface area contributed by atoms with E-state index in [1.54, 1.807) is 20.8 Å². The Balaban J connectivity index is 3.21. The van der Waals surface area contributed by atoms with Crippen LogP contribution in [0.15, 0.2) is 12.1 Å².